The summed E-state index contributed by atoms with van der Waals surface area (Å²) >= 11 is 0. The smallest absolute Gasteiger partial charge is 0.0625 e. The lowest BCUT2D eigenvalue weighted by molar-refractivity contribution is 1.08. The second-order valence-corrected chi connectivity index (χ2v) is 1.29. The lowest BCUT2D eigenvalue weighted by Gasteiger charge is -1.77. The molecule has 8 heavy (non-hydrogen) atoms. The summed E-state index contributed by atoms with van der Waals surface area (Å²) in [6.07, 6.45) is 3.94. The van der Waals surface area contributed by atoms with Crippen molar-refractivity contribution in [3.05, 3.63) is 0 Å². The van der Waals surface area contributed by atoms with Crippen molar-refractivity contribution in [3.8, 4) is 6.07 Å². The molecule has 0 N–H and O–H groups in total. The Morgan fingerprint density at radius 3 is 2.75 bits per heavy atom. The molecule has 0 aliphatic rings. The summed E-state index contributed by atoms with van der Waals surface area (Å²) in [6.45, 7) is 2.71. The maximum Gasteiger partial charge on any atom is 0.0625 e. The molecule has 0 aliphatic heterocycles. The van der Waals surface area contributed by atoms with Crippen LogP contribution in [0.25, 0.3) is 0 Å². The van der Waals surface area contributed by atoms with E-state index >= 15 is 0 Å². The SMILES string of the molecule is CC/N=[C]\CCC#N. The third kappa shape index (κ3) is 5.16. The van der Waals surface area contributed by atoms with E-state index in [2.05, 4.69) is 11.2 Å². The summed E-state index contributed by atoms with van der Waals surface area (Å²) in [5, 5.41) is 8.03. The Morgan fingerprint density at radius 1 is 1.50 bits per heavy atom. The van der Waals surface area contributed by atoms with Gasteiger partial charge in [0.1, 0.15) is 0 Å². The van der Waals surface area contributed by atoms with Gasteiger partial charge in [0.2, 0.25) is 0 Å². The molecule has 0 saturated carbocycles. The Kier molecular flexibility index (Phi) is 5.51. The molecule has 0 aromatic carbocycles. The molecule has 0 atom stereocenters. The van der Waals surface area contributed by atoms with Crippen LogP contribution in [0.1, 0.15) is 19.8 Å². The van der Waals surface area contributed by atoms with Crippen LogP contribution >= 0.6 is 0 Å². The number of rotatable bonds is 3. The molecule has 0 bridgehead atoms. The minimum atomic E-state index is 0.531. The van der Waals surface area contributed by atoms with Gasteiger partial charge in [-0.3, -0.25) is 4.99 Å². The second-order valence-electron chi connectivity index (χ2n) is 1.29. The van der Waals surface area contributed by atoms with E-state index in [1.165, 1.54) is 0 Å². The molecule has 2 nitrogen and oxygen atoms in total. The number of nitrogens with zero attached hydrogens (tertiary/aromatic N) is 2. The molecule has 2 heteroatoms. The Bertz CT molecular complexity index is 99.6. The van der Waals surface area contributed by atoms with Gasteiger partial charge in [0.15, 0.2) is 0 Å². The van der Waals surface area contributed by atoms with Gasteiger partial charge in [-0.1, -0.05) is 0 Å². The highest BCUT2D eigenvalue weighted by molar-refractivity contribution is 5.57. The first kappa shape index (κ1) is 7.16. The average molecular weight is 109 g/mol. The van der Waals surface area contributed by atoms with Gasteiger partial charge < -0.3 is 0 Å². The number of unbranched alkanes of at least 4 members (excludes halogenated alkanes) is 1. The van der Waals surface area contributed by atoms with Crippen LogP contribution in [0.4, 0.5) is 0 Å². The Morgan fingerprint density at radius 2 is 2.25 bits per heavy atom. The van der Waals surface area contributed by atoms with Gasteiger partial charge in [-0.25, -0.2) is 0 Å². The van der Waals surface area contributed by atoms with E-state index in [1.807, 2.05) is 13.0 Å². The van der Waals surface area contributed by atoms with Crippen LogP contribution in [0.5, 0.6) is 0 Å². The number of nitriles is 1. The van der Waals surface area contributed by atoms with Crippen LogP contribution < -0.4 is 0 Å². The van der Waals surface area contributed by atoms with Crippen molar-refractivity contribution >= 4 is 6.21 Å². The molecule has 0 amide bonds. The van der Waals surface area contributed by atoms with Gasteiger partial charge in [0.25, 0.3) is 0 Å². The zero-order valence-corrected chi connectivity index (χ0v) is 5.02. The maximum atomic E-state index is 8.03. The second kappa shape index (κ2) is 6.16. The van der Waals surface area contributed by atoms with Crippen LogP contribution in [-0.2, 0) is 0 Å². The summed E-state index contributed by atoms with van der Waals surface area (Å²) in [7, 11) is 0. The Labute approximate surface area is 49.9 Å². The van der Waals surface area contributed by atoms with E-state index in [-0.39, 0.29) is 0 Å². The maximum absolute atomic E-state index is 8.03. The predicted molar refractivity (Wildman–Crippen MR) is 32.8 cm³/mol. The molecule has 0 fully saturated rings. The number of hydrogen-bond acceptors (Lipinski definition) is 2. The minimum absolute atomic E-state index is 0.531. The van der Waals surface area contributed by atoms with Crippen molar-refractivity contribution in [2.24, 2.45) is 4.99 Å². The molecule has 0 heterocycles. The van der Waals surface area contributed by atoms with E-state index in [4.69, 9.17) is 5.26 Å². The van der Waals surface area contributed by atoms with Crippen LogP contribution in [0.3, 0.4) is 0 Å². The van der Waals surface area contributed by atoms with Crippen molar-refractivity contribution in [3.63, 3.8) is 0 Å². The van der Waals surface area contributed by atoms with Crippen LogP contribution in [-0.4, -0.2) is 12.8 Å². The molecule has 0 spiro atoms. The monoisotopic (exact) mass is 109 g/mol. The van der Waals surface area contributed by atoms with Gasteiger partial charge in [0.05, 0.1) is 12.3 Å². The molecule has 0 rings (SSSR count). The summed E-state index contributed by atoms with van der Waals surface area (Å²) in [5.74, 6) is 0. The summed E-state index contributed by atoms with van der Waals surface area (Å²) in [4.78, 5) is 3.81. The highest BCUT2D eigenvalue weighted by atomic mass is 14.7. The first-order valence-corrected chi connectivity index (χ1v) is 2.68. The van der Waals surface area contributed by atoms with Gasteiger partial charge in [-0.2, -0.15) is 5.26 Å². The molecule has 0 aromatic rings. The molecule has 0 saturated heterocycles. The van der Waals surface area contributed by atoms with Crippen molar-refractivity contribution in [1.82, 2.24) is 0 Å². The third-order valence-corrected chi connectivity index (χ3v) is 0.619. The largest absolute Gasteiger partial charge is 0.288 e. The fraction of sp³-hybridized carbons (Fsp3) is 0.667. The standard InChI is InChI=1S/C6H9N2/c1-2-8-6-4-3-5-7/h2-4H2,1H3. The summed E-state index contributed by atoms with van der Waals surface area (Å²) in [5.41, 5.74) is 0. The van der Waals surface area contributed by atoms with E-state index in [1.54, 1.807) is 0 Å². The average Bonchev–Trinajstić information content (AvgIpc) is 1.81. The fourth-order valence-electron chi connectivity index (χ4n) is 0.303. The molecule has 43 valence electrons. The zero-order valence-electron chi connectivity index (χ0n) is 5.02. The van der Waals surface area contributed by atoms with Crippen LogP contribution in [0.15, 0.2) is 4.99 Å². The zero-order chi connectivity index (χ0) is 6.24. The first-order valence-electron chi connectivity index (χ1n) is 2.68. The Balaban J connectivity index is 2.94. The van der Waals surface area contributed by atoms with Crippen LogP contribution in [0, 0.1) is 11.3 Å². The van der Waals surface area contributed by atoms with Crippen LogP contribution in [0.2, 0.25) is 0 Å². The lowest BCUT2D eigenvalue weighted by Crippen LogP contribution is -1.74. The molecule has 0 unspecified atom stereocenters. The molecular formula is C6H9N2. The van der Waals surface area contributed by atoms with Gasteiger partial charge in [-0.15, -0.1) is 0 Å². The van der Waals surface area contributed by atoms with E-state index in [0.717, 1.165) is 6.54 Å². The van der Waals surface area contributed by atoms with Gasteiger partial charge >= 0.3 is 0 Å². The molecule has 1 radical (unpaired) electrons. The highest BCUT2D eigenvalue weighted by Gasteiger charge is 1.75. The normalized spacial score (nSPS) is 9.50. The number of hydrogen-bond donors (Lipinski definition) is 0. The van der Waals surface area contributed by atoms with E-state index < -0.39 is 0 Å². The van der Waals surface area contributed by atoms with Gasteiger partial charge in [-0.05, 0) is 6.92 Å². The molecule has 0 aromatic heterocycles. The minimum Gasteiger partial charge on any atom is -0.288 e. The lowest BCUT2D eigenvalue weighted by atomic mass is 10.4. The van der Waals surface area contributed by atoms with Crippen molar-refractivity contribution in [1.29, 1.82) is 5.26 Å². The number of aliphatic imine (C=N–C) groups is 1. The van der Waals surface area contributed by atoms with Gasteiger partial charge in [0, 0.05) is 19.4 Å². The van der Waals surface area contributed by atoms with E-state index in [9.17, 15) is 0 Å². The quantitative estimate of drug-likeness (QED) is 0.397. The predicted octanol–water partition coefficient (Wildman–Crippen LogP) is 1.26. The third-order valence-electron chi connectivity index (χ3n) is 0.619. The van der Waals surface area contributed by atoms with Crippen molar-refractivity contribution in [2.75, 3.05) is 6.54 Å². The summed E-state index contributed by atoms with van der Waals surface area (Å²) < 4.78 is 0. The fourth-order valence-corrected chi connectivity index (χ4v) is 0.303. The van der Waals surface area contributed by atoms with Crippen molar-refractivity contribution < 1.29 is 0 Å². The van der Waals surface area contributed by atoms with E-state index in [0.29, 0.717) is 12.8 Å². The Hall–Kier alpha value is -0.840. The first-order chi connectivity index (χ1) is 3.91. The van der Waals surface area contributed by atoms with Crippen molar-refractivity contribution in [2.45, 2.75) is 19.8 Å². The topological polar surface area (TPSA) is 36.1 Å². The highest BCUT2D eigenvalue weighted by Crippen LogP contribution is 1.79. The molecular weight excluding hydrogens is 100 g/mol. The summed E-state index contributed by atoms with van der Waals surface area (Å²) in [6, 6.07) is 2.00. The molecule has 0 aliphatic carbocycles.